The lowest BCUT2D eigenvalue weighted by Crippen LogP contribution is -2.35. The molecule has 1 N–H and O–H groups in total. The summed E-state index contributed by atoms with van der Waals surface area (Å²) in [5.41, 5.74) is 1.17. The van der Waals surface area contributed by atoms with Gasteiger partial charge < -0.3 is 5.32 Å². The van der Waals surface area contributed by atoms with E-state index in [1.165, 1.54) is 24.8 Å². The zero-order valence-corrected chi connectivity index (χ0v) is 10.5. The molecule has 0 aromatic heterocycles. The van der Waals surface area contributed by atoms with E-state index in [0.29, 0.717) is 12.5 Å². The Bertz CT molecular complexity index is 360. The van der Waals surface area contributed by atoms with Gasteiger partial charge in [0.1, 0.15) is 0 Å². The molecule has 1 amide bonds. The second kappa shape index (κ2) is 5.85. The van der Waals surface area contributed by atoms with Crippen LogP contribution in [-0.4, -0.2) is 5.91 Å². The molecular formula is C15H21NO. The molecule has 0 bridgehead atoms. The van der Waals surface area contributed by atoms with Crippen molar-refractivity contribution in [2.45, 2.75) is 39.2 Å². The first-order valence-electron chi connectivity index (χ1n) is 6.59. The summed E-state index contributed by atoms with van der Waals surface area (Å²) in [4.78, 5) is 12.1. The Morgan fingerprint density at radius 3 is 2.65 bits per heavy atom. The third-order valence-electron chi connectivity index (χ3n) is 3.76. The number of nitrogens with one attached hydrogen (secondary N) is 1. The smallest absolute Gasteiger partial charge is 0.223 e. The van der Waals surface area contributed by atoms with Gasteiger partial charge in [-0.15, -0.1) is 0 Å². The molecule has 0 radical (unpaired) electrons. The molecule has 0 aliphatic heterocycles. The summed E-state index contributed by atoms with van der Waals surface area (Å²) in [5, 5.41) is 3.06. The molecule has 2 unspecified atom stereocenters. The maximum Gasteiger partial charge on any atom is 0.223 e. The Morgan fingerprint density at radius 1 is 1.24 bits per heavy atom. The molecule has 1 aliphatic rings. The maximum absolute atomic E-state index is 12.1. The first-order valence-corrected chi connectivity index (χ1v) is 6.59. The zero-order chi connectivity index (χ0) is 12.1. The van der Waals surface area contributed by atoms with E-state index in [1.54, 1.807) is 0 Å². The van der Waals surface area contributed by atoms with E-state index in [0.717, 1.165) is 6.42 Å². The number of benzene rings is 1. The SMILES string of the molecule is CC1CCCCC1C(=O)NCc1ccccc1. The summed E-state index contributed by atoms with van der Waals surface area (Å²) in [6.07, 6.45) is 4.74. The monoisotopic (exact) mass is 231 g/mol. The highest BCUT2D eigenvalue weighted by Crippen LogP contribution is 2.29. The van der Waals surface area contributed by atoms with Crippen molar-refractivity contribution in [1.82, 2.24) is 5.32 Å². The second-order valence-electron chi connectivity index (χ2n) is 5.07. The molecule has 2 nitrogen and oxygen atoms in total. The number of carbonyl (C=O) groups excluding carboxylic acids is 1. The van der Waals surface area contributed by atoms with Crippen LogP contribution >= 0.6 is 0 Å². The fraction of sp³-hybridized carbons (Fsp3) is 0.533. The van der Waals surface area contributed by atoms with Crippen LogP contribution in [0.25, 0.3) is 0 Å². The minimum atomic E-state index is 0.229. The van der Waals surface area contributed by atoms with Crippen molar-refractivity contribution in [3.8, 4) is 0 Å². The molecular weight excluding hydrogens is 210 g/mol. The normalized spacial score (nSPS) is 24.3. The topological polar surface area (TPSA) is 29.1 Å². The average molecular weight is 231 g/mol. The van der Waals surface area contributed by atoms with Crippen LogP contribution in [0.5, 0.6) is 0 Å². The maximum atomic E-state index is 12.1. The van der Waals surface area contributed by atoms with Crippen LogP contribution in [0.4, 0.5) is 0 Å². The molecule has 2 atom stereocenters. The third kappa shape index (κ3) is 3.32. The number of hydrogen-bond donors (Lipinski definition) is 1. The predicted octanol–water partition coefficient (Wildman–Crippen LogP) is 3.13. The van der Waals surface area contributed by atoms with E-state index < -0.39 is 0 Å². The van der Waals surface area contributed by atoms with Gasteiger partial charge >= 0.3 is 0 Å². The molecule has 92 valence electrons. The van der Waals surface area contributed by atoms with E-state index in [4.69, 9.17) is 0 Å². The Labute approximate surface area is 103 Å². The van der Waals surface area contributed by atoms with Crippen molar-refractivity contribution >= 4 is 5.91 Å². The van der Waals surface area contributed by atoms with Crippen LogP contribution in [0.2, 0.25) is 0 Å². The summed E-state index contributed by atoms with van der Waals surface area (Å²) < 4.78 is 0. The van der Waals surface area contributed by atoms with Gasteiger partial charge in [0.2, 0.25) is 5.91 Å². The van der Waals surface area contributed by atoms with Gasteiger partial charge in [0.15, 0.2) is 0 Å². The number of carbonyl (C=O) groups is 1. The Hall–Kier alpha value is -1.31. The van der Waals surface area contributed by atoms with Gasteiger partial charge in [-0.2, -0.15) is 0 Å². The van der Waals surface area contributed by atoms with E-state index in [-0.39, 0.29) is 11.8 Å². The standard InChI is InChI=1S/C15H21NO/c1-12-7-5-6-10-14(12)15(17)16-11-13-8-3-2-4-9-13/h2-4,8-9,12,14H,5-7,10-11H2,1H3,(H,16,17). The Balaban J connectivity index is 1.84. The highest BCUT2D eigenvalue weighted by Gasteiger charge is 2.27. The average Bonchev–Trinajstić information content (AvgIpc) is 2.38. The van der Waals surface area contributed by atoms with Crippen LogP contribution in [0.1, 0.15) is 38.2 Å². The first-order chi connectivity index (χ1) is 8.27. The van der Waals surface area contributed by atoms with Gasteiger partial charge in [0.25, 0.3) is 0 Å². The number of hydrogen-bond acceptors (Lipinski definition) is 1. The second-order valence-corrected chi connectivity index (χ2v) is 5.07. The van der Waals surface area contributed by atoms with Gasteiger partial charge in [-0.1, -0.05) is 50.1 Å². The molecule has 1 fully saturated rings. The Morgan fingerprint density at radius 2 is 1.94 bits per heavy atom. The highest BCUT2D eigenvalue weighted by molar-refractivity contribution is 5.78. The molecule has 0 saturated heterocycles. The summed E-state index contributed by atoms with van der Waals surface area (Å²) in [6, 6.07) is 10.1. The molecule has 1 aromatic carbocycles. The summed E-state index contributed by atoms with van der Waals surface area (Å²) in [5.74, 6) is 1.01. The molecule has 1 saturated carbocycles. The molecule has 2 rings (SSSR count). The van der Waals surface area contributed by atoms with Crippen LogP contribution in [-0.2, 0) is 11.3 Å². The van der Waals surface area contributed by atoms with Gasteiger partial charge in [0.05, 0.1) is 0 Å². The first kappa shape index (κ1) is 12.2. The summed E-state index contributed by atoms with van der Waals surface area (Å²) >= 11 is 0. The fourth-order valence-electron chi connectivity index (χ4n) is 2.62. The van der Waals surface area contributed by atoms with Crippen LogP contribution in [0.3, 0.4) is 0 Å². The van der Waals surface area contributed by atoms with E-state index in [1.807, 2.05) is 30.3 Å². The van der Waals surface area contributed by atoms with Crippen molar-refractivity contribution in [3.63, 3.8) is 0 Å². The van der Waals surface area contributed by atoms with E-state index >= 15 is 0 Å². The van der Waals surface area contributed by atoms with Gasteiger partial charge in [-0.05, 0) is 24.3 Å². The summed E-state index contributed by atoms with van der Waals surface area (Å²) in [6.45, 7) is 2.86. The van der Waals surface area contributed by atoms with Crippen molar-refractivity contribution in [2.24, 2.45) is 11.8 Å². The lowest BCUT2D eigenvalue weighted by atomic mass is 9.80. The van der Waals surface area contributed by atoms with Gasteiger partial charge in [-0.3, -0.25) is 4.79 Å². The molecule has 2 heteroatoms. The van der Waals surface area contributed by atoms with Crippen molar-refractivity contribution in [1.29, 1.82) is 0 Å². The number of amides is 1. The fourth-order valence-corrected chi connectivity index (χ4v) is 2.62. The van der Waals surface area contributed by atoms with Crippen molar-refractivity contribution in [3.05, 3.63) is 35.9 Å². The largest absolute Gasteiger partial charge is 0.352 e. The van der Waals surface area contributed by atoms with Crippen molar-refractivity contribution in [2.75, 3.05) is 0 Å². The predicted molar refractivity (Wildman–Crippen MR) is 69.4 cm³/mol. The minimum absolute atomic E-state index is 0.229. The lowest BCUT2D eigenvalue weighted by molar-refractivity contribution is -0.127. The van der Waals surface area contributed by atoms with Gasteiger partial charge in [-0.25, -0.2) is 0 Å². The quantitative estimate of drug-likeness (QED) is 0.850. The molecule has 0 heterocycles. The Kier molecular flexibility index (Phi) is 4.18. The molecule has 1 aliphatic carbocycles. The van der Waals surface area contributed by atoms with Gasteiger partial charge in [0, 0.05) is 12.5 Å². The van der Waals surface area contributed by atoms with Crippen LogP contribution in [0.15, 0.2) is 30.3 Å². The molecule has 1 aromatic rings. The van der Waals surface area contributed by atoms with E-state index in [9.17, 15) is 4.79 Å². The number of rotatable bonds is 3. The highest BCUT2D eigenvalue weighted by atomic mass is 16.1. The lowest BCUT2D eigenvalue weighted by Gasteiger charge is -2.27. The minimum Gasteiger partial charge on any atom is -0.352 e. The summed E-state index contributed by atoms with van der Waals surface area (Å²) in [7, 11) is 0. The third-order valence-corrected chi connectivity index (χ3v) is 3.76. The van der Waals surface area contributed by atoms with E-state index in [2.05, 4.69) is 12.2 Å². The van der Waals surface area contributed by atoms with Crippen LogP contribution in [0, 0.1) is 11.8 Å². The molecule has 0 spiro atoms. The van der Waals surface area contributed by atoms with Crippen LogP contribution < -0.4 is 5.32 Å². The molecule has 17 heavy (non-hydrogen) atoms. The van der Waals surface area contributed by atoms with Crippen molar-refractivity contribution < 1.29 is 4.79 Å². The zero-order valence-electron chi connectivity index (χ0n) is 10.5.